The molecule has 0 spiro atoms. The van der Waals surface area contributed by atoms with Gasteiger partial charge in [0.1, 0.15) is 6.04 Å². The molecule has 0 unspecified atom stereocenters. The van der Waals surface area contributed by atoms with Crippen molar-refractivity contribution in [2.45, 2.75) is 46.6 Å². The number of nitrogens with one attached hydrogen (secondary N) is 1. The van der Waals surface area contributed by atoms with Gasteiger partial charge in [-0.15, -0.1) is 0 Å². The van der Waals surface area contributed by atoms with E-state index in [1.807, 2.05) is 39.0 Å². The van der Waals surface area contributed by atoms with Crippen molar-refractivity contribution in [3.8, 4) is 0 Å². The van der Waals surface area contributed by atoms with Crippen molar-refractivity contribution in [1.82, 2.24) is 10.3 Å². The molecule has 6 nitrogen and oxygen atoms in total. The number of hydrogen-bond donors (Lipinski definition) is 1. The molecule has 0 fully saturated rings. The molecule has 0 saturated heterocycles. The number of amides is 1. The molecule has 0 aliphatic heterocycles. The molecule has 1 aromatic rings. The van der Waals surface area contributed by atoms with E-state index in [0.29, 0.717) is 12.8 Å². The fourth-order valence-electron chi connectivity index (χ4n) is 2.10. The molecule has 6 heteroatoms. The second kappa shape index (κ2) is 9.82. The van der Waals surface area contributed by atoms with Crippen molar-refractivity contribution in [3.05, 3.63) is 29.6 Å². The summed E-state index contributed by atoms with van der Waals surface area (Å²) < 4.78 is 10.1. The van der Waals surface area contributed by atoms with E-state index in [0.717, 1.165) is 11.4 Å². The van der Waals surface area contributed by atoms with Gasteiger partial charge < -0.3 is 14.8 Å². The Morgan fingerprint density at radius 1 is 1.26 bits per heavy atom. The maximum absolute atomic E-state index is 11.8. The van der Waals surface area contributed by atoms with Crippen molar-refractivity contribution in [3.63, 3.8) is 0 Å². The highest BCUT2D eigenvalue weighted by atomic mass is 16.6. The summed E-state index contributed by atoms with van der Waals surface area (Å²) in [5.74, 6) is -0.181. The van der Waals surface area contributed by atoms with E-state index in [4.69, 9.17) is 9.47 Å². The lowest BCUT2D eigenvalue weighted by atomic mass is 10.0. The average molecular weight is 322 g/mol. The molecule has 1 rings (SSSR count). The van der Waals surface area contributed by atoms with Crippen LogP contribution >= 0.6 is 0 Å². The normalized spacial score (nSPS) is 11.9. The van der Waals surface area contributed by atoms with Gasteiger partial charge in [0.05, 0.1) is 13.2 Å². The number of nitrogens with zero attached hydrogens (tertiary/aromatic N) is 1. The Bertz CT molecular complexity index is 517. The van der Waals surface area contributed by atoms with Crippen LogP contribution in [0.15, 0.2) is 18.2 Å². The maximum atomic E-state index is 11.8. The molecular formula is C17H26N2O4. The quantitative estimate of drug-likeness (QED) is 0.745. The molecule has 1 N–H and O–H groups in total. The van der Waals surface area contributed by atoms with Crippen LogP contribution in [-0.2, 0) is 20.7 Å². The Labute approximate surface area is 137 Å². The number of esters is 1. The number of rotatable bonds is 8. The topological polar surface area (TPSA) is 77.5 Å². The summed E-state index contributed by atoms with van der Waals surface area (Å²) in [4.78, 5) is 28.0. The Kier molecular flexibility index (Phi) is 8.08. The highest BCUT2D eigenvalue weighted by Gasteiger charge is 2.23. The van der Waals surface area contributed by atoms with E-state index >= 15 is 0 Å². The fourth-order valence-corrected chi connectivity index (χ4v) is 2.10. The van der Waals surface area contributed by atoms with Gasteiger partial charge in [0.2, 0.25) is 0 Å². The minimum absolute atomic E-state index is 0.208. The van der Waals surface area contributed by atoms with Crippen LogP contribution in [-0.4, -0.2) is 36.3 Å². The summed E-state index contributed by atoms with van der Waals surface area (Å²) in [5.41, 5.74) is 1.79. The lowest BCUT2D eigenvalue weighted by molar-refractivity contribution is -0.146. The van der Waals surface area contributed by atoms with Gasteiger partial charge in [-0.1, -0.05) is 19.9 Å². The van der Waals surface area contributed by atoms with Crippen LogP contribution in [0.3, 0.4) is 0 Å². The second-order valence-corrected chi connectivity index (χ2v) is 5.73. The first-order chi connectivity index (χ1) is 10.9. The van der Waals surface area contributed by atoms with Gasteiger partial charge in [-0.3, -0.25) is 4.98 Å². The first kappa shape index (κ1) is 18.9. The SMILES string of the molecule is CCOC(=O)[C@H](CC(C)C)NC(=O)OCCc1cccc(C)n1. The molecule has 0 radical (unpaired) electrons. The third kappa shape index (κ3) is 7.63. The highest BCUT2D eigenvalue weighted by molar-refractivity contribution is 5.81. The fraction of sp³-hybridized carbons (Fsp3) is 0.588. The van der Waals surface area contributed by atoms with Gasteiger partial charge >= 0.3 is 12.1 Å². The summed E-state index contributed by atoms with van der Waals surface area (Å²) in [6.45, 7) is 8.08. The molecule has 1 atom stereocenters. The minimum atomic E-state index is -0.681. The van der Waals surface area contributed by atoms with Crippen molar-refractivity contribution >= 4 is 12.1 Å². The van der Waals surface area contributed by atoms with Gasteiger partial charge in [0.15, 0.2) is 0 Å². The van der Waals surface area contributed by atoms with Gasteiger partial charge in [0.25, 0.3) is 0 Å². The lowest BCUT2D eigenvalue weighted by Crippen LogP contribution is -2.43. The largest absolute Gasteiger partial charge is 0.464 e. The van der Waals surface area contributed by atoms with E-state index in [2.05, 4.69) is 10.3 Å². The summed E-state index contributed by atoms with van der Waals surface area (Å²) in [5, 5.41) is 2.57. The molecule has 0 bridgehead atoms. The Morgan fingerprint density at radius 3 is 2.61 bits per heavy atom. The van der Waals surface area contributed by atoms with Crippen LogP contribution < -0.4 is 5.32 Å². The molecule has 0 aliphatic carbocycles. The molecule has 0 aliphatic rings. The van der Waals surface area contributed by atoms with Crippen molar-refractivity contribution < 1.29 is 19.1 Å². The molecule has 1 amide bonds. The van der Waals surface area contributed by atoms with E-state index in [9.17, 15) is 9.59 Å². The number of ether oxygens (including phenoxy) is 2. The second-order valence-electron chi connectivity index (χ2n) is 5.73. The van der Waals surface area contributed by atoms with Crippen molar-refractivity contribution in [2.75, 3.05) is 13.2 Å². The summed E-state index contributed by atoms with van der Waals surface area (Å²) >= 11 is 0. The van der Waals surface area contributed by atoms with Crippen LogP contribution in [0.2, 0.25) is 0 Å². The molecule has 1 heterocycles. The molecular weight excluding hydrogens is 296 g/mol. The predicted molar refractivity (Wildman–Crippen MR) is 87.0 cm³/mol. The number of carbonyl (C=O) groups is 2. The number of aryl methyl sites for hydroxylation is 1. The molecule has 0 aromatic carbocycles. The Balaban J connectivity index is 2.43. The first-order valence-electron chi connectivity index (χ1n) is 7.94. The zero-order chi connectivity index (χ0) is 17.2. The van der Waals surface area contributed by atoms with Crippen LogP contribution in [0.4, 0.5) is 4.79 Å². The van der Waals surface area contributed by atoms with E-state index in [-0.39, 0.29) is 19.1 Å². The van der Waals surface area contributed by atoms with Crippen LogP contribution in [0, 0.1) is 12.8 Å². The third-order valence-electron chi connectivity index (χ3n) is 3.11. The van der Waals surface area contributed by atoms with Gasteiger partial charge in [0, 0.05) is 17.8 Å². The molecule has 128 valence electrons. The van der Waals surface area contributed by atoms with Gasteiger partial charge in [-0.05, 0) is 38.3 Å². The van der Waals surface area contributed by atoms with Crippen LogP contribution in [0.25, 0.3) is 0 Å². The number of hydrogen-bond acceptors (Lipinski definition) is 5. The van der Waals surface area contributed by atoms with E-state index in [1.165, 1.54) is 0 Å². The monoisotopic (exact) mass is 322 g/mol. The minimum Gasteiger partial charge on any atom is -0.464 e. The zero-order valence-corrected chi connectivity index (χ0v) is 14.3. The Hall–Kier alpha value is -2.11. The average Bonchev–Trinajstić information content (AvgIpc) is 2.46. The Morgan fingerprint density at radius 2 is 2.00 bits per heavy atom. The first-order valence-corrected chi connectivity index (χ1v) is 7.94. The van der Waals surface area contributed by atoms with Gasteiger partial charge in [-0.2, -0.15) is 0 Å². The third-order valence-corrected chi connectivity index (χ3v) is 3.11. The number of pyridine rings is 1. The van der Waals surface area contributed by atoms with Gasteiger partial charge in [-0.25, -0.2) is 9.59 Å². The standard InChI is InChI=1S/C17H26N2O4/c1-5-22-16(20)15(11-12(2)3)19-17(21)23-10-9-14-8-6-7-13(4)18-14/h6-8,12,15H,5,9-11H2,1-4H3,(H,19,21)/t15-/m0/s1. The predicted octanol–water partition coefficient (Wildman–Crippen LogP) is 2.64. The zero-order valence-electron chi connectivity index (χ0n) is 14.3. The summed E-state index contributed by atoms with van der Waals surface area (Å²) in [6, 6.07) is 5.03. The maximum Gasteiger partial charge on any atom is 0.407 e. The summed E-state index contributed by atoms with van der Waals surface area (Å²) in [7, 11) is 0. The van der Waals surface area contributed by atoms with Crippen LogP contribution in [0.5, 0.6) is 0 Å². The van der Waals surface area contributed by atoms with Crippen molar-refractivity contribution in [2.24, 2.45) is 5.92 Å². The molecule has 1 aromatic heterocycles. The highest BCUT2D eigenvalue weighted by Crippen LogP contribution is 2.07. The van der Waals surface area contributed by atoms with Crippen LogP contribution in [0.1, 0.15) is 38.6 Å². The molecule has 0 saturated carbocycles. The van der Waals surface area contributed by atoms with E-state index < -0.39 is 18.1 Å². The summed E-state index contributed by atoms with van der Waals surface area (Å²) in [6.07, 6.45) is 0.424. The number of aromatic nitrogens is 1. The van der Waals surface area contributed by atoms with E-state index in [1.54, 1.807) is 6.92 Å². The number of carbonyl (C=O) groups excluding carboxylic acids is 2. The lowest BCUT2D eigenvalue weighted by Gasteiger charge is -2.18. The molecule has 23 heavy (non-hydrogen) atoms. The van der Waals surface area contributed by atoms with Crippen molar-refractivity contribution in [1.29, 1.82) is 0 Å². The smallest absolute Gasteiger partial charge is 0.407 e. The number of alkyl carbamates (subject to hydrolysis) is 1.